The van der Waals surface area contributed by atoms with Gasteiger partial charge in [-0.2, -0.15) is 0 Å². The van der Waals surface area contributed by atoms with Crippen LogP contribution >= 0.6 is 0 Å². The summed E-state index contributed by atoms with van der Waals surface area (Å²) in [5, 5.41) is 0. The third-order valence-corrected chi connectivity index (χ3v) is 4.48. The molecule has 3 nitrogen and oxygen atoms in total. The lowest BCUT2D eigenvalue weighted by Crippen LogP contribution is -2.21. The summed E-state index contributed by atoms with van der Waals surface area (Å²) in [7, 11) is 0. The lowest BCUT2D eigenvalue weighted by atomic mass is 10.0. The molecule has 2 aromatic carbocycles. The summed E-state index contributed by atoms with van der Waals surface area (Å²) in [6, 6.07) is 16.4. The SMILES string of the molecule is CCC(CC)Cn1c(=O)[nH]c2cc(-c3ccccc3)ccc21. The van der Waals surface area contributed by atoms with Crippen molar-refractivity contribution in [3.8, 4) is 11.1 Å². The second-order valence-corrected chi connectivity index (χ2v) is 5.82. The van der Waals surface area contributed by atoms with E-state index in [9.17, 15) is 4.79 Å². The Hall–Kier alpha value is -2.29. The van der Waals surface area contributed by atoms with E-state index in [1.54, 1.807) is 0 Å². The highest BCUT2D eigenvalue weighted by molar-refractivity contribution is 5.82. The van der Waals surface area contributed by atoms with E-state index in [1.807, 2.05) is 22.8 Å². The van der Waals surface area contributed by atoms with Crippen LogP contribution in [0.2, 0.25) is 0 Å². The molecule has 1 heterocycles. The van der Waals surface area contributed by atoms with E-state index in [1.165, 1.54) is 0 Å². The molecular weight excluding hydrogens is 272 g/mol. The summed E-state index contributed by atoms with van der Waals surface area (Å²) in [6.45, 7) is 5.15. The second kappa shape index (κ2) is 6.22. The summed E-state index contributed by atoms with van der Waals surface area (Å²) in [4.78, 5) is 15.3. The zero-order valence-electron chi connectivity index (χ0n) is 13.2. The number of aromatic amines is 1. The topological polar surface area (TPSA) is 37.8 Å². The minimum Gasteiger partial charge on any atom is -0.306 e. The van der Waals surface area contributed by atoms with Gasteiger partial charge in [0.2, 0.25) is 0 Å². The first kappa shape index (κ1) is 14.6. The van der Waals surface area contributed by atoms with Crippen LogP contribution in [-0.2, 0) is 6.54 Å². The Kier molecular flexibility index (Phi) is 4.14. The lowest BCUT2D eigenvalue weighted by Gasteiger charge is -2.13. The van der Waals surface area contributed by atoms with Crippen LogP contribution in [0.15, 0.2) is 53.3 Å². The molecule has 0 atom stereocenters. The van der Waals surface area contributed by atoms with Gasteiger partial charge in [0.25, 0.3) is 0 Å². The Morgan fingerprint density at radius 3 is 2.41 bits per heavy atom. The Morgan fingerprint density at radius 2 is 1.73 bits per heavy atom. The molecule has 0 amide bonds. The van der Waals surface area contributed by atoms with E-state index < -0.39 is 0 Å². The van der Waals surface area contributed by atoms with E-state index in [-0.39, 0.29) is 5.69 Å². The first-order valence-electron chi connectivity index (χ1n) is 8.01. The zero-order chi connectivity index (χ0) is 15.5. The molecule has 0 fully saturated rings. The number of hydrogen-bond donors (Lipinski definition) is 1. The van der Waals surface area contributed by atoms with Gasteiger partial charge in [-0.05, 0) is 29.2 Å². The van der Waals surface area contributed by atoms with E-state index in [4.69, 9.17) is 0 Å². The Balaban J connectivity index is 2.03. The highest BCUT2D eigenvalue weighted by Gasteiger charge is 2.12. The first-order chi connectivity index (χ1) is 10.7. The van der Waals surface area contributed by atoms with Crippen molar-refractivity contribution >= 4 is 11.0 Å². The number of rotatable bonds is 5. The second-order valence-electron chi connectivity index (χ2n) is 5.82. The van der Waals surface area contributed by atoms with Gasteiger partial charge in [0.15, 0.2) is 0 Å². The fourth-order valence-electron chi connectivity index (χ4n) is 2.96. The number of nitrogens with one attached hydrogen (secondary N) is 1. The summed E-state index contributed by atoms with van der Waals surface area (Å²) >= 11 is 0. The number of hydrogen-bond acceptors (Lipinski definition) is 1. The summed E-state index contributed by atoms with van der Waals surface area (Å²) in [5.41, 5.74) is 4.20. The Bertz CT molecular complexity index is 810. The highest BCUT2D eigenvalue weighted by atomic mass is 16.1. The van der Waals surface area contributed by atoms with Crippen molar-refractivity contribution in [2.45, 2.75) is 33.2 Å². The molecule has 0 saturated heterocycles. The predicted molar refractivity (Wildman–Crippen MR) is 92.1 cm³/mol. The first-order valence-corrected chi connectivity index (χ1v) is 8.01. The van der Waals surface area contributed by atoms with Gasteiger partial charge < -0.3 is 4.98 Å². The largest absolute Gasteiger partial charge is 0.326 e. The average Bonchev–Trinajstić information content (AvgIpc) is 2.87. The Morgan fingerprint density at radius 1 is 1.00 bits per heavy atom. The number of fused-ring (bicyclic) bond motifs is 1. The third-order valence-electron chi connectivity index (χ3n) is 4.48. The van der Waals surface area contributed by atoms with Crippen molar-refractivity contribution in [3.63, 3.8) is 0 Å². The van der Waals surface area contributed by atoms with E-state index in [0.717, 1.165) is 41.5 Å². The maximum absolute atomic E-state index is 12.3. The van der Waals surface area contributed by atoms with Gasteiger partial charge in [0.1, 0.15) is 0 Å². The van der Waals surface area contributed by atoms with Crippen LogP contribution in [0.25, 0.3) is 22.2 Å². The van der Waals surface area contributed by atoms with Crippen molar-refractivity contribution < 1.29 is 0 Å². The van der Waals surface area contributed by atoms with Crippen molar-refractivity contribution in [2.75, 3.05) is 0 Å². The minimum absolute atomic E-state index is 0.00730. The van der Waals surface area contributed by atoms with Gasteiger partial charge in [-0.1, -0.05) is 63.1 Å². The van der Waals surface area contributed by atoms with Crippen LogP contribution in [0, 0.1) is 5.92 Å². The van der Waals surface area contributed by atoms with Crippen LogP contribution in [0.3, 0.4) is 0 Å². The number of H-pyrrole nitrogens is 1. The molecule has 0 unspecified atom stereocenters. The van der Waals surface area contributed by atoms with Crippen molar-refractivity contribution in [1.29, 1.82) is 0 Å². The fraction of sp³-hybridized carbons (Fsp3) is 0.316. The normalized spacial score (nSPS) is 11.4. The number of imidazole rings is 1. The van der Waals surface area contributed by atoms with Crippen LogP contribution < -0.4 is 5.69 Å². The summed E-state index contributed by atoms with van der Waals surface area (Å²) in [5.74, 6) is 0.547. The maximum atomic E-state index is 12.3. The van der Waals surface area contributed by atoms with Gasteiger partial charge in [0.05, 0.1) is 11.0 Å². The fourth-order valence-corrected chi connectivity index (χ4v) is 2.96. The zero-order valence-corrected chi connectivity index (χ0v) is 13.2. The van der Waals surface area contributed by atoms with Gasteiger partial charge in [0, 0.05) is 6.54 Å². The molecule has 0 aliphatic rings. The quantitative estimate of drug-likeness (QED) is 0.742. The Labute approximate surface area is 130 Å². The number of benzene rings is 2. The van der Waals surface area contributed by atoms with Crippen molar-refractivity contribution in [3.05, 3.63) is 59.0 Å². The van der Waals surface area contributed by atoms with E-state index in [0.29, 0.717) is 5.92 Å². The van der Waals surface area contributed by atoms with Gasteiger partial charge >= 0.3 is 5.69 Å². The molecule has 0 spiro atoms. The molecule has 0 bridgehead atoms. The van der Waals surface area contributed by atoms with Crippen LogP contribution in [0.1, 0.15) is 26.7 Å². The smallest absolute Gasteiger partial charge is 0.306 e. The van der Waals surface area contributed by atoms with E-state index >= 15 is 0 Å². The van der Waals surface area contributed by atoms with Gasteiger partial charge in [-0.15, -0.1) is 0 Å². The third kappa shape index (κ3) is 2.71. The molecule has 114 valence electrons. The van der Waals surface area contributed by atoms with Gasteiger partial charge in [-0.25, -0.2) is 4.79 Å². The standard InChI is InChI=1S/C19H22N2O/c1-3-14(4-2)13-21-18-11-10-16(12-17(18)20-19(21)22)15-8-6-5-7-9-15/h5-12,14H,3-4,13H2,1-2H3,(H,20,22). The van der Waals surface area contributed by atoms with Crippen molar-refractivity contribution in [2.24, 2.45) is 5.92 Å². The van der Waals surface area contributed by atoms with Crippen LogP contribution in [-0.4, -0.2) is 9.55 Å². The lowest BCUT2D eigenvalue weighted by molar-refractivity contribution is 0.418. The average molecular weight is 294 g/mol. The molecule has 3 aromatic rings. The molecule has 1 aromatic heterocycles. The molecule has 1 N–H and O–H groups in total. The highest BCUT2D eigenvalue weighted by Crippen LogP contribution is 2.23. The molecule has 0 aliphatic heterocycles. The van der Waals surface area contributed by atoms with Crippen LogP contribution in [0.4, 0.5) is 0 Å². The molecule has 3 heteroatoms. The molecule has 0 radical (unpaired) electrons. The predicted octanol–water partition coefficient (Wildman–Crippen LogP) is 4.43. The summed E-state index contributed by atoms with van der Waals surface area (Å²) in [6.07, 6.45) is 2.19. The number of nitrogens with zero attached hydrogens (tertiary/aromatic N) is 1. The molecule has 3 rings (SSSR count). The van der Waals surface area contributed by atoms with Crippen molar-refractivity contribution in [1.82, 2.24) is 9.55 Å². The summed E-state index contributed by atoms with van der Waals surface area (Å²) < 4.78 is 1.88. The molecule has 0 aliphatic carbocycles. The van der Waals surface area contributed by atoms with Crippen LogP contribution in [0.5, 0.6) is 0 Å². The number of aromatic nitrogens is 2. The van der Waals surface area contributed by atoms with E-state index in [2.05, 4.69) is 49.2 Å². The monoisotopic (exact) mass is 294 g/mol. The molecular formula is C19H22N2O. The minimum atomic E-state index is -0.00730. The maximum Gasteiger partial charge on any atom is 0.326 e. The van der Waals surface area contributed by atoms with Gasteiger partial charge in [-0.3, -0.25) is 4.57 Å². The molecule has 0 saturated carbocycles. The molecule has 22 heavy (non-hydrogen) atoms.